The van der Waals surface area contributed by atoms with E-state index in [2.05, 4.69) is 10.4 Å². The summed E-state index contributed by atoms with van der Waals surface area (Å²) in [5, 5.41) is 0. The summed E-state index contributed by atoms with van der Waals surface area (Å²) in [5.74, 6) is 5.36. The molecule has 2 heterocycles. The summed E-state index contributed by atoms with van der Waals surface area (Å²) >= 11 is 0. The first kappa shape index (κ1) is 11.7. The number of nitrogen functional groups attached to an aromatic ring is 1. The van der Waals surface area contributed by atoms with Crippen molar-refractivity contribution in [3.8, 4) is 0 Å². The van der Waals surface area contributed by atoms with Crippen LogP contribution in [0.4, 0.5) is 5.69 Å². The van der Waals surface area contributed by atoms with Crippen LogP contribution in [0.3, 0.4) is 0 Å². The van der Waals surface area contributed by atoms with E-state index < -0.39 is 0 Å². The van der Waals surface area contributed by atoms with Crippen molar-refractivity contribution in [3.63, 3.8) is 0 Å². The van der Waals surface area contributed by atoms with Gasteiger partial charge < -0.3 is 10.3 Å². The van der Waals surface area contributed by atoms with E-state index in [1.54, 1.807) is 23.4 Å². The van der Waals surface area contributed by atoms with Crippen LogP contribution in [0.2, 0.25) is 0 Å². The molecule has 3 N–H and O–H groups in total. The van der Waals surface area contributed by atoms with E-state index in [1.807, 2.05) is 24.3 Å². The van der Waals surface area contributed by atoms with Gasteiger partial charge in [0, 0.05) is 25.5 Å². The fourth-order valence-electron chi connectivity index (χ4n) is 2.34. The Balaban J connectivity index is 1.87. The van der Waals surface area contributed by atoms with Crippen LogP contribution in [0.15, 0.2) is 42.7 Å². The highest BCUT2D eigenvalue weighted by Gasteiger charge is 2.25. The van der Waals surface area contributed by atoms with Crippen molar-refractivity contribution in [1.29, 1.82) is 0 Å². The highest BCUT2D eigenvalue weighted by Crippen LogP contribution is 2.25. The quantitative estimate of drug-likeness (QED) is 0.629. The third-order valence-corrected chi connectivity index (χ3v) is 3.33. The van der Waals surface area contributed by atoms with E-state index in [9.17, 15) is 4.79 Å². The highest BCUT2D eigenvalue weighted by atomic mass is 16.2. The number of nitrogens with one attached hydrogen (secondary N) is 1. The van der Waals surface area contributed by atoms with E-state index in [0.717, 1.165) is 0 Å². The molecule has 1 aliphatic rings. The number of nitrogens with zero attached hydrogens (tertiary/aromatic N) is 2. The molecule has 19 heavy (non-hydrogen) atoms. The van der Waals surface area contributed by atoms with Gasteiger partial charge in [0.15, 0.2) is 0 Å². The Bertz CT molecular complexity index is 601. The monoisotopic (exact) mass is 254 g/mol. The first-order chi connectivity index (χ1) is 9.29. The molecule has 2 aromatic rings. The molecule has 3 rings (SSSR count). The normalized spacial score (nSPS) is 13.2. The Hall–Kier alpha value is -2.40. The molecule has 0 radical (unpaired) electrons. The fourth-order valence-corrected chi connectivity index (χ4v) is 2.34. The van der Waals surface area contributed by atoms with E-state index in [4.69, 9.17) is 5.84 Å². The van der Waals surface area contributed by atoms with Crippen LogP contribution in [-0.4, -0.2) is 15.8 Å². The Morgan fingerprint density at radius 1 is 1.21 bits per heavy atom. The van der Waals surface area contributed by atoms with E-state index in [0.29, 0.717) is 24.3 Å². The summed E-state index contributed by atoms with van der Waals surface area (Å²) < 4.78 is 0. The smallest absolute Gasteiger partial charge is 0.258 e. The lowest BCUT2D eigenvalue weighted by atomic mass is 10.1. The van der Waals surface area contributed by atoms with Crippen LogP contribution in [-0.2, 0) is 13.1 Å². The van der Waals surface area contributed by atoms with E-state index >= 15 is 0 Å². The topological polar surface area (TPSA) is 71.2 Å². The van der Waals surface area contributed by atoms with Crippen molar-refractivity contribution < 1.29 is 4.79 Å². The van der Waals surface area contributed by atoms with Gasteiger partial charge in [-0.3, -0.25) is 15.6 Å². The fraction of sp³-hybridized carbons (Fsp3) is 0.143. The third-order valence-electron chi connectivity index (χ3n) is 3.33. The number of amides is 1. The standard InChI is InChI=1S/C14H14N4O/c15-17-13-5-6-16-7-12(13)14(19)18-8-10-3-1-2-4-11(10)9-18/h1-7H,8-9,15H2,(H,16,17). The summed E-state index contributed by atoms with van der Waals surface area (Å²) in [6.45, 7) is 1.27. The Morgan fingerprint density at radius 3 is 2.53 bits per heavy atom. The number of rotatable bonds is 2. The third kappa shape index (κ3) is 2.04. The van der Waals surface area contributed by atoms with Crippen LogP contribution in [0.5, 0.6) is 0 Å². The number of carbonyl (C=O) groups is 1. The molecule has 1 amide bonds. The maximum atomic E-state index is 12.5. The molecule has 0 spiro atoms. The molecule has 0 unspecified atom stereocenters. The molecular weight excluding hydrogens is 240 g/mol. The maximum Gasteiger partial charge on any atom is 0.258 e. The van der Waals surface area contributed by atoms with Crippen molar-refractivity contribution in [2.24, 2.45) is 5.84 Å². The van der Waals surface area contributed by atoms with Gasteiger partial charge in [0.2, 0.25) is 0 Å². The number of hydrogen-bond acceptors (Lipinski definition) is 4. The molecule has 96 valence electrons. The number of carbonyl (C=O) groups excluding carboxylic acids is 1. The largest absolute Gasteiger partial charge is 0.330 e. The minimum absolute atomic E-state index is 0.0581. The molecule has 1 aromatic heterocycles. The number of pyridine rings is 1. The van der Waals surface area contributed by atoms with Gasteiger partial charge in [-0.05, 0) is 17.2 Å². The molecule has 0 aliphatic carbocycles. The predicted octanol–water partition coefficient (Wildman–Crippen LogP) is 1.52. The number of fused-ring (bicyclic) bond motifs is 1. The van der Waals surface area contributed by atoms with Crippen molar-refractivity contribution in [3.05, 3.63) is 59.4 Å². The van der Waals surface area contributed by atoms with Gasteiger partial charge in [0.1, 0.15) is 0 Å². The van der Waals surface area contributed by atoms with Crippen molar-refractivity contribution in [1.82, 2.24) is 9.88 Å². The molecule has 0 saturated carbocycles. The van der Waals surface area contributed by atoms with Crippen LogP contribution >= 0.6 is 0 Å². The van der Waals surface area contributed by atoms with Gasteiger partial charge in [-0.25, -0.2) is 0 Å². The second kappa shape index (κ2) is 4.70. The maximum absolute atomic E-state index is 12.5. The Morgan fingerprint density at radius 2 is 1.89 bits per heavy atom. The van der Waals surface area contributed by atoms with Crippen molar-refractivity contribution in [2.75, 3.05) is 5.43 Å². The molecular formula is C14H14N4O. The Kier molecular flexibility index (Phi) is 2.89. The number of anilines is 1. The number of aromatic nitrogens is 1. The first-order valence-corrected chi connectivity index (χ1v) is 6.06. The van der Waals surface area contributed by atoms with Crippen LogP contribution < -0.4 is 11.3 Å². The van der Waals surface area contributed by atoms with Crippen molar-refractivity contribution >= 4 is 11.6 Å². The molecule has 0 fully saturated rings. The number of hydrogen-bond donors (Lipinski definition) is 2. The van der Waals surface area contributed by atoms with Crippen LogP contribution in [0.25, 0.3) is 0 Å². The zero-order valence-electron chi connectivity index (χ0n) is 10.3. The molecule has 5 nitrogen and oxygen atoms in total. The average molecular weight is 254 g/mol. The SMILES string of the molecule is NNc1ccncc1C(=O)N1Cc2ccccc2C1. The number of benzene rings is 1. The molecule has 1 aliphatic heterocycles. The van der Waals surface area contributed by atoms with Gasteiger partial charge in [-0.1, -0.05) is 24.3 Å². The summed E-state index contributed by atoms with van der Waals surface area (Å²) in [5.41, 5.74) is 6.02. The lowest BCUT2D eigenvalue weighted by Crippen LogP contribution is -2.27. The molecule has 5 heteroatoms. The molecule has 0 bridgehead atoms. The lowest BCUT2D eigenvalue weighted by molar-refractivity contribution is 0.0752. The van der Waals surface area contributed by atoms with Gasteiger partial charge in [-0.2, -0.15) is 0 Å². The predicted molar refractivity (Wildman–Crippen MR) is 72.1 cm³/mol. The average Bonchev–Trinajstić information content (AvgIpc) is 2.90. The molecule has 0 atom stereocenters. The number of nitrogens with two attached hydrogens (primary N) is 1. The van der Waals surface area contributed by atoms with Gasteiger partial charge in [0.25, 0.3) is 5.91 Å². The summed E-state index contributed by atoms with van der Waals surface area (Å²) in [4.78, 5) is 18.3. The minimum Gasteiger partial charge on any atom is -0.330 e. The summed E-state index contributed by atoms with van der Waals surface area (Å²) in [7, 11) is 0. The van der Waals surface area contributed by atoms with Crippen LogP contribution in [0, 0.1) is 0 Å². The highest BCUT2D eigenvalue weighted by molar-refractivity contribution is 5.99. The van der Waals surface area contributed by atoms with Gasteiger partial charge in [0.05, 0.1) is 11.3 Å². The zero-order chi connectivity index (χ0) is 13.2. The second-order valence-corrected chi connectivity index (χ2v) is 4.50. The molecule has 1 aromatic carbocycles. The van der Waals surface area contributed by atoms with Crippen LogP contribution in [0.1, 0.15) is 21.5 Å². The van der Waals surface area contributed by atoms with Gasteiger partial charge in [-0.15, -0.1) is 0 Å². The number of hydrazine groups is 1. The summed E-state index contributed by atoms with van der Waals surface area (Å²) in [6.07, 6.45) is 3.14. The minimum atomic E-state index is -0.0581. The van der Waals surface area contributed by atoms with E-state index in [-0.39, 0.29) is 5.91 Å². The molecule has 0 saturated heterocycles. The van der Waals surface area contributed by atoms with E-state index in [1.165, 1.54) is 11.1 Å². The zero-order valence-corrected chi connectivity index (χ0v) is 10.3. The first-order valence-electron chi connectivity index (χ1n) is 6.06. The van der Waals surface area contributed by atoms with Gasteiger partial charge >= 0.3 is 0 Å². The lowest BCUT2D eigenvalue weighted by Gasteiger charge is -2.17. The second-order valence-electron chi connectivity index (χ2n) is 4.50. The summed E-state index contributed by atoms with van der Waals surface area (Å²) in [6, 6.07) is 9.77. The Labute approximate surface area is 111 Å². The van der Waals surface area contributed by atoms with Crippen molar-refractivity contribution in [2.45, 2.75) is 13.1 Å².